The van der Waals surface area contributed by atoms with Gasteiger partial charge < -0.3 is 19.9 Å². The zero-order chi connectivity index (χ0) is 18.9. The molecule has 2 aromatic rings. The van der Waals surface area contributed by atoms with Crippen LogP contribution in [0.2, 0.25) is 0 Å². The summed E-state index contributed by atoms with van der Waals surface area (Å²) in [6.07, 6.45) is -1.09. The third kappa shape index (κ3) is 3.71. The first-order valence-corrected chi connectivity index (χ1v) is 8.08. The zero-order valence-corrected chi connectivity index (χ0v) is 14.3. The lowest BCUT2D eigenvalue weighted by atomic mass is 9.78. The van der Waals surface area contributed by atoms with E-state index in [1.54, 1.807) is 12.1 Å². The topological polar surface area (TPSA) is 67.8 Å². The fourth-order valence-electron chi connectivity index (χ4n) is 3.07. The van der Waals surface area contributed by atoms with Crippen molar-refractivity contribution in [1.29, 1.82) is 0 Å². The quantitative estimate of drug-likeness (QED) is 0.827. The monoisotopic (exact) mass is 363 g/mol. The van der Waals surface area contributed by atoms with Gasteiger partial charge in [-0.2, -0.15) is 8.78 Å². The molecule has 138 valence electrons. The van der Waals surface area contributed by atoms with Gasteiger partial charge in [0.2, 0.25) is 0 Å². The summed E-state index contributed by atoms with van der Waals surface area (Å²) in [7, 11) is 0. The lowest BCUT2D eigenvalue weighted by Gasteiger charge is -2.39. The minimum atomic E-state index is -2.86. The van der Waals surface area contributed by atoms with Gasteiger partial charge in [-0.05, 0) is 29.3 Å². The SMILES string of the molecule is CC1(C)COc2cc(-c3ccc(OC(F)F)cc3)ccc2C1NC(=O)O. The van der Waals surface area contributed by atoms with Crippen molar-refractivity contribution in [3.8, 4) is 22.6 Å². The summed E-state index contributed by atoms with van der Waals surface area (Å²) in [5.41, 5.74) is 2.03. The van der Waals surface area contributed by atoms with Crippen LogP contribution >= 0.6 is 0 Å². The van der Waals surface area contributed by atoms with Crippen LogP contribution in [-0.4, -0.2) is 24.4 Å². The van der Waals surface area contributed by atoms with Crippen molar-refractivity contribution in [2.45, 2.75) is 26.5 Å². The van der Waals surface area contributed by atoms with Crippen LogP contribution in [0, 0.1) is 5.41 Å². The lowest BCUT2D eigenvalue weighted by Crippen LogP contribution is -2.43. The van der Waals surface area contributed by atoms with Crippen molar-refractivity contribution >= 4 is 6.09 Å². The molecule has 1 aliphatic rings. The first-order valence-electron chi connectivity index (χ1n) is 8.08. The maximum atomic E-state index is 12.2. The van der Waals surface area contributed by atoms with Crippen LogP contribution in [0.4, 0.5) is 13.6 Å². The highest BCUT2D eigenvalue weighted by atomic mass is 19.3. The summed E-state index contributed by atoms with van der Waals surface area (Å²) in [6, 6.07) is 11.4. The Morgan fingerprint density at radius 3 is 2.50 bits per heavy atom. The molecule has 2 aromatic carbocycles. The number of fused-ring (bicyclic) bond motifs is 1. The summed E-state index contributed by atoms with van der Waals surface area (Å²) in [4.78, 5) is 11.1. The molecule has 26 heavy (non-hydrogen) atoms. The average Bonchev–Trinajstić information content (AvgIpc) is 2.57. The number of benzene rings is 2. The van der Waals surface area contributed by atoms with E-state index in [1.165, 1.54) is 12.1 Å². The molecule has 7 heteroatoms. The van der Waals surface area contributed by atoms with Crippen molar-refractivity contribution < 1.29 is 28.2 Å². The molecule has 0 fully saturated rings. The van der Waals surface area contributed by atoms with Gasteiger partial charge in [0.1, 0.15) is 11.5 Å². The van der Waals surface area contributed by atoms with Gasteiger partial charge in [-0.25, -0.2) is 4.79 Å². The van der Waals surface area contributed by atoms with E-state index >= 15 is 0 Å². The molecule has 1 heterocycles. The maximum Gasteiger partial charge on any atom is 0.405 e. The number of nitrogens with one attached hydrogen (secondary N) is 1. The minimum Gasteiger partial charge on any atom is -0.493 e. The van der Waals surface area contributed by atoms with Crippen LogP contribution in [0.5, 0.6) is 11.5 Å². The molecule has 1 aliphatic heterocycles. The van der Waals surface area contributed by atoms with Crippen molar-refractivity contribution in [2.24, 2.45) is 5.41 Å². The highest BCUT2D eigenvalue weighted by molar-refractivity contribution is 5.69. The van der Waals surface area contributed by atoms with E-state index < -0.39 is 12.7 Å². The maximum absolute atomic E-state index is 12.2. The summed E-state index contributed by atoms with van der Waals surface area (Å²) < 4.78 is 34.7. The molecule has 1 amide bonds. The van der Waals surface area contributed by atoms with E-state index in [1.807, 2.05) is 32.0 Å². The Labute approximate surface area is 149 Å². The van der Waals surface area contributed by atoms with E-state index in [2.05, 4.69) is 10.1 Å². The number of carbonyl (C=O) groups is 1. The molecule has 0 saturated heterocycles. The number of amides is 1. The number of hydrogen-bond donors (Lipinski definition) is 2. The van der Waals surface area contributed by atoms with Gasteiger partial charge in [-0.15, -0.1) is 0 Å². The summed E-state index contributed by atoms with van der Waals surface area (Å²) >= 11 is 0. The second-order valence-corrected chi connectivity index (χ2v) is 6.82. The third-order valence-electron chi connectivity index (χ3n) is 4.39. The Morgan fingerprint density at radius 2 is 1.88 bits per heavy atom. The van der Waals surface area contributed by atoms with E-state index in [0.717, 1.165) is 16.7 Å². The second kappa shape index (κ2) is 6.82. The fraction of sp³-hybridized carbons (Fsp3) is 0.316. The number of ether oxygens (including phenoxy) is 2. The number of carboxylic acid groups (broad SMARTS) is 1. The number of hydrogen-bond acceptors (Lipinski definition) is 3. The predicted octanol–water partition coefficient (Wildman–Crippen LogP) is 4.68. The largest absolute Gasteiger partial charge is 0.493 e. The molecule has 1 atom stereocenters. The molecule has 0 aliphatic carbocycles. The summed E-state index contributed by atoms with van der Waals surface area (Å²) in [6.45, 7) is 1.38. The molecule has 1 unspecified atom stereocenters. The fourth-order valence-corrected chi connectivity index (χ4v) is 3.07. The van der Waals surface area contributed by atoms with E-state index in [0.29, 0.717) is 12.4 Å². The predicted molar refractivity (Wildman–Crippen MR) is 91.7 cm³/mol. The van der Waals surface area contributed by atoms with Gasteiger partial charge in [-0.3, -0.25) is 0 Å². The van der Waals surface area contributed by atoms with Crippen LogP contribution < -0.4 is 14.8 Å². The molecule has 0 spiro atoms. The third-order valence-corrected chi connectivity index (χ3v) is 4.39. The molecule has 3 rings (SSSR count). The molecule has 0 saturated carbocycles. The molecule has 0 aromatic heterocycles. The Bertz CT molecular complexity index is 806. The van der Waals surface area contributed by atoms with Crippen molar-refractivity contribution in [3.05, 3.63) is 48.0 Å². The number of rotatable bonds is 4. The first kappa shape index (κ1) is 18.0. The first-order chi connectivity index (χ1) is 12.3. The smallest absolute Gasteiger partial charge is 0.405 e. The Morgan fingerprint density at radius 1 is 1.23 bits per heavy atom. The molecular weight excluding hydrogens is 344 g/mol. The molecule has 0 radical (unpaired) electrons. The Hall–Kier alpha value is -2.83. The van der Waals surface area contributed by atoms with Gasteiger partial charge in [0.15, 0.2) is 0 Å². The van der Waals surface area contributed by atoms with Crippen LogP contribution in [0.1, 0.15) is 25.5 Å². The standard InChI is InChI=1S/C19H19F2NO4/c1-19(2)10-25-15-9-12(5-8-14(15)16(19)22-18(23)24)11-3-6-13(7-4-11)26-17(20)21/h3-9,16-17,22H,10H2,1-2H3,(H,23,24). The Kier molecular flexibility index (Phi) is 4.71. The highest BCUT2D eigenvalue weighted by Crippen LogP contribution is 2.44. The summed E-state index contributed by atoms with van der Waals surface area (Å²) in [5, 5.41) is 11.7. The second-order valence-electron chi connectivity index (χ2n) is 6.82. The average molecular weight is 363 g/mol. The van der Waals surface area contributed by atoms with E-state index in [9.17, 15) is 13.6 Å². The zero-order valence-electron chi connectivity index (χ0n) is 14.3. The van der Waals surface area contributed by atoms with Gasteiger partial charge in [0, 0.05) is 11.0 Å². The van der Waals surface area contributed by atoms with Crippen molar-refractivity contribution in [1.82, 2.24) is 5.32 Å². The van der Waals surface area contributed by atoms with Crippen LogP contribution in [0.15, 0.2) is 42.5 Å². The van der Waals surface area contributed by atoms with Crippen molar-refractivity contribution in [2.75, 3.05) is 6.61 Å². The molecule has 0 bridgehead atoms. The highest BCUT2D eigenvalue weighted by Gasteiger charge is 2.38. The van der Waals surface area contributed by atoms with Crippen LogP contribution in [-0.2, 0) is 0 Å². The van der Waals surface area contributed by atoms with Gasteiger partial charge in [0.25, 0.3) is 0 Å². The van der Waals surface area contributed by atoms with Crippen molar-refractivity contribution in [3.63, 3.8) is 0 Å². The molecule has 5 nitrogen and oxygen atoms in total. The van der Waals surface area contributed by atoms with E-state index in [4.69, 9.17) is 9.84 Å². The molecular formula is C19H19F2NO4. The van der Waals surface area contributed by atoms with Gasteiger partial charge in [-0.1, -0.05) is 38.1 Å². The normalized spacial score (nSPS) is 18.0. The lowest BCUT2D eigenvalue weighted by molar-refractivity contribution is -0.0498. The van der Waals surface area contributed by atoms with Crippen LogP contribution in [0.3, 0.4) is 0 Å². The number of alkyl halides is 2. The molecule has 2 N–H and O–H groups in total. The number of halogens is 2. The van der Waals surface area contributed by atoms with Gasteiger partial charge in [0.05, 0.1) is 12.6 Å². The Balaban J connectivity index is 1.90. The van der Waals surface area contributed by atoms with Gasteiger partial charge >= 0.3 is 12.7 Å². The van der Waals surface area contributed by atoms with Crippen LogP contribution in [0.25, 0.3) is 11.1 Å². The minimum absolute atomic E-state index is 0.0884. The van der Waals surface area contributed by atoms with E-state index in [-0.39, 0.29) is 17.2 Å². The summed E-state index contributed by atoms with van der Waals surface area (Å²) in [5.74, 6) is 0.693.